The number of benzene rings is 2. The van der Waals surface area contributed by atoms with Gasteiger partial charge < -0.3 is 0 Å². The summed E-state index contributed by atoms with van der Waals surface area (Å²) in [6, 6.07) is 15.5. The third-order valence-corrected chi connectivity index (χ3v) is 7.15. The van der Waals surface area contributed by atoms with Crippen molar-refractivity contribution in [2.45, 2.75) is 25.2 Å². The van der Waals surface area contributed by atoms with Gasteiger partial charge in [0.2, 0.25) is 16.0 Å². The van der Waals surface area contributed by atoms with Gasteiger partial charge in [-0.3, -0.25) is 15.2 Å². The number of H-pyrrole nitrogens is 1. The van der Waals surface area contributed by atoms with E-state index in [0.29, 0.717) is 30.7 Å². The molecule has 1 aromatic heterocycles. The third-order valence-electron chi connectivity index (χ3n) is 5.33. The van der Waals surface area contributed by atoms with E-state index in [1.54, 1.807) is 12.1 Å². The molecule has 1 aliphatic rings. The molecule has 1 amide bonds. The van der Waals surface area contributed by atoms with Crippen molar-refractivity contribution in [3.05, 3.63) is 60.2 Å². The second-order valence-electron chi connectivity index (χ2n) is 8.12. The van der Waals surface area contributed by atoms with Crippen LogP contribution >= 0.6 is 0 Å². The maximum atomic E-state index is 13.1. The summed E-state index contributed by atoms with van der Waals surface area (Å²) in [4.78, 5) is 17.1. The first kappa shape index (κ1) is 21.2. The van der Waals surface area contributed by atoms with Gasteiger partial charge in [0.05, 0.1) is 4.90 Å². The number of carbonyl (C=O) groups is 1. The Morgan fingerprint density at radius 2 is 1.77 bits per heavy atom. The minimum absolute atomic E-state index is 0.112. The minimum atomic E-state index is -3.67. The number of carbonyl (C=O) groups excluding carboxylic acids is 1. The average molecular weight is 440 g/mol. The fraction of sp³-hybridized carbons (Fsp3) is 0.318. The molecule has 162 valence electrons. The van der Waals surface area contributed by atoms with Crippen LogP contribution in [0.1, 0.15) is 30.6 Å². The monoisotopic (exact) mass is 439 g/mol. The van der Waals surface area contributed by atoms with Crippen molar-refractivity contribution < 1.29 is 13.2 Å². The maximum absolute atomic E-state index is 13.1. The van der Waals surface area contributed by atoms with Crippen molar-refractivity contribution >= 4 is 21.9 Å². The Kier molecular flexibility index (Phi) is 5.88. The highest BCUT2D eigenvalue weighted by Crippen LogP contribution is 2.27. The van der Waals surface area contributed by atoms with Crippen LogP contribution in [0.2, 0.25) is 0 Å². The van der Waals surface area contributed by atoms with Crippen LogP contribution in [0.15, 0.2) is 59.5 Å². The summed E-state index contributed by atoms with van der Waals surface area (Å²) in [6.45, 7) is 5.09. The van der Waals surface area contributed by atoms with Gasteiger partial charge >= 0.3 is 0 Å². The fourth-order valence-corrected chi connectivity index (χ4v) is 5.69. The van der Waals surface area contributed by atoms with Gasteiger partial charge in [-0.1, -0.05) is 50.2 Å². The SMILES string of the molecule is C[C@@H]1C[C@@H](C)CN(S(=O)(=O)c2cccc(C(=O)Nc3n[nH]c(-c4ccccc4)n3)c2)C1. The van der Waals surface area contributed by atoms with Crippen molar-refractivity contribution in [3.63, 3.8) is 0 Å². The molecule has 0 saturated carbocycles. The van der Waals surface area contributed by atoms with Gasteiger partial charge in [-0.2, -0.15) is 9.29 Å². The molecule has 1 aliphatic heterocycles. The van der Waals surface area contributed by atoms with Crippen LogP contribution in [0.25, 0.3) is 11.4 Å². The van der Waals surface area contributed by atoms with Crippen molar-refractivity contribution in [1.29, 1.82) is 0 Å². The lowest BCUT2D eigenvalue weighted by Crippen LogP contribution is -2.42. The number of sulfonamides is 1. The summed E-state index contributed by atoms with van der Waals surface area (Å²) >= 11 is 0. The topological polar surface area (TPSA) is 108 Å². The molecule has 3 aromatic rings. The van der Waals surface area contributed by atoms with E-state index < -0.39 is 15.9 Å². The van der Waals surface area contributed by atoms with Crippen LogP contribution in [0.5, 0.6) is 0 Å². The number of piperidine rings is 1. The molecule has 0 spiro atoms. The first-order valence-electron chi connectivity index (χ1n) is 10.2. The van der Waals surface area contributed by atoms with E-state index in [-0.39, 0.29) is 16.4 Å². The highest BCUT2D eigenvalue weighted by Gasteiger charge is 2.32. The molecule has 2 N–H and O–H groups in total. The van der Waals surface area contributed by atoms with Crippen molar-refractivity contribution in [2.24, 2.45) is 11.8 Å². The van der Waals surface area contributed by atoms with E-state index in [2.05, 4.69) is 34.3 Å². The Morgan fingerprint density at radius 1 is 1.06 bits per heavy atom. The Bertz CT molecular complexity index is 1170. The van der Waals surface area contributed by atoms with E-state index in [9.17, 15) is 13.2 Å². The molecule has 0 unspecified atom stereocenters. The number of rotatable bonds is 5. The van der Waals surface area contributed by atoms with Crippen LogP contribution in [0.4, 0.5) is 5.95 Å². The smallest absolute Gasteiger partial charge is 0.258 e. The zero-order chi connectivity index (χ0) is 22.0. The Balaban J connectivity index is 1.52. The van der Waals surface area contributed by atoms with E-state index >= 15 is 0 Å². The number of amides is 1. The van der Waals surface area contributed by atoms with E-state index in [0.717, 1.165) is 12.0 Å². The molecule has 2 aromatic carbocycles. The Labute approximate surface area is 181 Å². The standard InChI is InChI=1S/C22H25N5O3S/c1-15-11-16(2)14-27(13-15)31(29,30)19-10-6-9-18(12-19)21(28)24-22-23-20(25-26-22)17-7-4-3-5-8-17/h3-10,12,15-16H,11,13-14H2,1-2H3,(H2,23,24,25,26,28)/t15-,16-/m1/s1. The minimum Gasteiger partial charge on any atom is -0.289 e. The second kappa shape index (κ2) is 8.60. The lowest BCUT2D eigenvalue weighted by atomic mass is 9.94. The number of aromatic amines is 1. The van der Waals surface area contributed by atoms with Gasteiger partial charge in [0.15, 0.2) is 5.82 Å². The molecule has 1 fully saturated rings. The summed E-state index contributed by atoms with van der Waals surface area (Å²) in [5, 5.41) is 9.43. The van der Waals surface area contributed by atoms with Crippen molar-refractivity contribution in [3.8, 4) is 11.4 Å². The second-order valence-corrected chi connectivity index (χ2v) is 10.1. The average Bonchev–Trinajstić information content (AvgIpc) is 3.22. The summed E-state index contributed by atoms with van der Waals surface area (Å²) < 4.78 is 27.8. The summed E-state index contributed by atoms with van der Waals surface area (Å²) in [7, 11) is -3.67. The van der Waals surface area contributed by atoms with Crippen LogP contribution in [0.3, 0.4) is 0 Å². The summed E-state index contributed by atoms with van der Waals surface area (Å²) in [5.41, 5.74) is 1.07. The first-order chi connectivity index (χ1) is 14.8. The molecule has 8 nitrogen and oxygen atoms in total. The lowest BCUT2D eigenvalue weighted by Gasteiger charge is -2.34. The van der Waals surface area contributed by atoms with Gasteiger partial charge in [0, 0.05) is 24.2 Å². The van der Waals surface area contributed by atoms with Crippen molar-refractivity contribution in [1.82, 2.24) is 19.5 Å². The molecular weight excluding hydrogens is 414 g/mol. The lowest BCUT2D eigenvalue weighted by molar-refractivity contribution is 0.102. The summed E-state index contributed by atoms with van der Waals surface area (Å²) in [6.07, 6.45) is 1.01. The zero-order valence-electron chi connectivity index (χ0n) is 17.4. The molecule has 0 radical (unpaired) electrons. The van der Waals surface area contributed by atoms with Crippen LogP contribution in [-0.2, 0) is 10.0 Å². The van der Waals surface area contributed by atoms with E-state index in [4.69, 9.17) is 0 Å². The van der Waals surface area contributed by atoms with Gasteiger partial charge in [-0.25, -0.2) is 8.42 Å². The highest BCUT2D eigenvalue weighted by molar-refractivity contribution is 7.89. The predicted octanol–water partition coefficient (Wildman–Crippen LogP) is 3.39. The largest absolute Gasteiger partial charge is 0.289 e. The molecule has 2 heterocycles. The van der Waals surface area contributed by atoms with E-state index in [1.165, 1.54) is 16.4 Å². The first-order valence-corrected chi connectivity index (χ1v) is 11.7. The quantitative estimate of drug-likeness (QED) is 0.634. The van der Waals surface area contributed by atoms with Gasteiger partial charge in [-0.15, -0.1) is 5.10 Å². The van der Waals surface area contributed by atoms with Crippen LogP contribution in [0, 0.1) is 11.8 Å². The van der Waals surface area contributed by atoms with Gasteiger partial charge in [0.1, 0.15) is 0 Å². The zero-order valence-corrected chi connectivity index (χ0v) is 18.3. The normalized spacial score (nSPS) is 19.8. The number of hydrogen-bond donors (Lipinski definition) is 2. The van der Waals surface area contributed by atoms with Gasteiger partial charge in [-0.05, 0) is 36.5 Å². The molecule has 0 aliphatic carbocycles. The molecule has 0 bridgehead atoms. The molecule has 2 atom stereocenters. The highest BCUT2D eigenvalue weighted by atomic mass is 32.2. The molecule has 4 rings (SSSR count). The number of hydrogen-bond acceptors (Lipinski definition) is 5. The van der Waals surface area contributed by atoms with Gasteiger partial charge in [0.25, 0.3) is 5.91 Å². The number of aromatic nitrogens is 3. The third kappa shape index (κ3) is 4.67. The summed E-state index contributed by atoms with van der Waals surface area (Å²) in [5.74, 6) is 0.775. The molecule has 9 heteroatoms. The number of nitrogens with one attached hydrogen (secondary N) is 2. The maximum Gasteiger partial charge on any atom is 0.258 e. The Morgan fingerprint density at radius 3 is 2.48 bits per heavy atom. The molecule has 1 saturated heterocycles. The molecular formula is C22H25N5O3S. The Hall–Kier alpha value is -3.04. The number of nitrogens with zero attached hydrogens (tertiary/aromatic N) is 3. The number of anilines is 1. The van der Waals surface area contributed by atoms with Crippen LogP contribution < -0.4 is 5.32 Å². The van der Waals surface area contributed by atoms with Crippen molar-refractivity contribution in [2.75, 3.05) is 18.4 Å². The fourth-order valence-electron chi connectivity index (χ4n) is 3.97. The van der Waals surface area contributed by atoms with E-state index in [1.807, 2.05) is 30.3 Å². The predicted molar refractivity (Wildman–Crippen MR) is 118 cm³/mol. The molecule has 31 heavy (non-hydrogen) atoms. The van der Waals surface area contributed by atoms with Crippen LogP contribution in [-0.4, -0.2) is 46.9 Å².